The molecule has 4 aliphatic carbocycles. The van der Waals surface area contributed by atoms with Gasteiger partial charge in [0.1, 0.15) is 0 Å². The van der Waals surface area contributed by atoms with Crippen LogP contribution in [-0.4, -0.2) is 22.4 Å². The number of aliphatic hydroxyl groups is 2. The summed E-state index contributed by atoms with van der Waals surface area (Å²) in [6, 6.07) is 0. The topological polar surface area (TPSA) is 40.5 Å². The van der Waals surface area contributed by atoms with E-state index in [1.54, 1.807) is 5.57 Å². The summed E-state index contributed by atoms with van der Waals surface area (Å²) in [7, 11) is 0. The van der Waals surface area contributed by atoms with Gasteiger partial charge in [0.25, 0.3) is 0 Å². The van der Waals surface area contributed by atoms with Crippen LogP contribution in [0.4, 0.5) is 0 Å². The summed E-state index contributed by atoms with van der Waals surface area (Å²) >= 11 is 0. The summed E-state index contributed by atoms with van der Waals surface area (Å²) in [6.45, 7) is 6.78. The third-order valence-electron chi connectivity index (χ3n) is 8.37. The zero-order valence-corrected chi connectivity index (χ0v) is 15.1. The Hall–Kier alpha value is -0.340. The molecule has 0 heterocycles. The number of hydrogen-bond donors (Lipinski definition) is 2. The van der Waals surface area contributed by atoms with Crippen LogP contribution in [0, 0.1) is 35.0 Å². The van der Waals surface area contributed by atoms with E-state index in [1.807, 2.05) is 6.92 Å². The van der Waals surface area contributed by atoms with Gasteiger partial charge in [0.2, 0.25) is 0 Å². The molecule has 0 radical (unpaired) electrons. The molecule has 0 spiro atoms. The molecular formula is C21H34O2. The first-order valence-electron chi connectivity index (χ1n) is 9.97. The molecule has 0 saturated heterocycles. The molecule has 0 aromatic rings. The second-order valence-electron chi connectivity index (χ2n) is 9.45. The van der Waals surface area contributed by atoms with Crippen molar-refractivity contribution in [1.29, 1.82) is 0 Å². The molecule has 0 aromatic carbocycles. The van der Waals surface area contributed by atoms with Crippen LogP contribution in [0.15, 0.2) is 11.1 Å². The maximum Gasteiger partial charge on any atom is 0.0583 e. The van der Waals surface area contributed by atoms with Crippen molar-refractivity contribution in [2.45, 2.75) is 84.3 Å². The minimum atomic E-state index is -0.149. The fraction of sp³-hybridized carbons (Fsp3) is 0.905. The van der Waals surface area contributed by atoms with Crippen molar-refractivity contribution in [3.8, 4) is 0 Å². The molecule has 4 aliphatic rings. The molecular weight excluding hydrogens is 284 g/mol. The molecule has 5 unspecified atom stereocenters. The predicted molar refractivity (Wildman–Crippen MR) is 92.9 cm³/mol. The van der Waals surface area contributed by atoms with Crippen molar-refractivity contribution in [2.24, 2.45) is 35.0 Å². The molecule has 0 aliphatic heterocycles. The van der Waals surface area contributed by atoms with Gasteiger partial charge in [-0.25, -0.2) is 0 Å². The Kier molecular flexibility index (Phi) is 3.93. The first-order valence-corrected chi connectivity index (χ1v) is 9.97. The summed E-state index contributed by atoms with van der Waals surface area (Å²) < 4.78 is 0. The summed E-state index contributed by atoms with van der Waals surface area (Å²) in [5, 5.41) is 20.4. The average molecular weight is 319 g/mol. The summed E-state index contributed by atoms with van der Waals surface area (Å²) in [4.78, 5) is 0. The van der Waals surface area contributed by atoms with Crippen molar-refractivity contribution in [2.75, 3.05) is 0 Å². The number of hydrogen-bond acceptors (Lipinski definition) is 2. The zero-order chi connectivity index (χ0) is 16.4. The Morgan fingerprint density at radius 1 is 1.13 bits per heavy atom. The van der Waals surface area contributed by atoms with Crippen molar-refractivity contribution < 1.29 is 10.2 Å². The minimum absolute atomic E-state index is 0.0970. The van der Waals surface area contributed by atoms with Crippen LogP contribution in [0.2, 0.25) is 0 Å². The van der Waals surface area contributed by atoms with Gasteiger partial charge < -0.3 is 10.2 Å². The molecule has 3 fully saturated rings. The van der Waals surface area contributed by atoms with Crippen LogP contribution in [0.1, 0.15) is 72.1 Å². The number of fused-ring (bicyclic) bond motifs is 5. The van der Waals surface area contributed by atoms with Gasteiger partial charge in [-0.05, 0) is 100 Å². The molecule has 2 N–H and O–H groups in total. The first-order chi connectivity index (χ1) is 10.9. The Labute approximate surface area is 141 Å². The van der Waals surface area contributed by atoms with Crippen molar-refractivity contribution in [1.82, 2.24) is 0 Å². The fourth-order valence-electron chi connectivity index (χ4n) is 7.55. The van der Waals surface area contributed by atoms with E-state index in [1.165, 1.54) is 44.1 Å². The third kappa shape index (κ3) is 2.35. The summed E-state index contributed by atoms with van der Waals surface area (Å²) in [5.74, 6) is 3.61. The molecule has 2 nitrogen and oxygen atoms in total. The monoisotopic (exact) mass is 318 g/mol. The van der Waals surface area contributed by atoms with Gasteiger partial charge in [-0.15, -0.1) is 0 Å². The Morgan fingerprint density at radius 3 is 2.65 bits per heavy atom. The van der Waals surface area contributed by atoms with E-state index < -0.39 is 0 Å². The Bertz CT molecular complexity index is 508. The van der Waals surface area contributed by atoms with Crippen molar-refractivity contribution >= 4 is 0 Å². The lowest BCUT2D eigenvalue weighted by Crippen LogP contribution is -2.47. The van der Waals surface area contributed by atoms with E-state index >= 15 is 0 Å². The number of rotatable bonds is 1. The summed E-state index contributed by atoms with van der Waals surface area (Å²) in [5.41, 5.74) is 3.64. The maximum absolute atomic E-state index is 10.3. The lowest BCUT2D eigenvalue weighted by Gasteiger charge is -2.54. The average Bonchev–Trinajstić information content (AvgIpc) is 2.83. The van der Waals surface area contributed by atoms with E-state index in [4.69, 9.17) is 0 Å². The number of aliphatic hydroxyl groups excluding tert-OH is 2. The van der Waals surface area contributed by atoms with Crippen LogP contribution in [0.3, 0.4) is 0 Å². The first kappa shape index (κ1) is 16.1. The van der Waals surface area contributed by atoms with Crippen molar-refractivity contribution in [3.63, 3.8) is 0 Å². The molecule has 0 aromatic heterocycles. The van der Waals surface area contributed by atoms with Crippen LogP contribution >= 0.6 is 0 Å². The fourth-order valence-corrected chi connectivity index (χ4v) is 7.55. The van der Waals surface area contributed by atoms with E-state index in [0.29, 0.717) is 17.3 Å². The molecule has 4 rings (SSSR count). The lowest BCUT2D eigenvalue weighted by atomic mass is 9.51. The second kappa shape index (κ2) is 5.59. The van der Waals surface area contributed by atoms with Gasteiger partial charge in [0.15, 0.2) is 0 Å². The smallest absolute Gasteiger partial charge is 0.0583 e. The van der Waals surface area contributed by atoms with Gasteiger partial charge in [-0.3, -0.25) is 0 Å². The molecule has 3 saturated carbocycles. The normalized spacial score (nSPS) is 51.0. The van der Waals surface area contributed by atoms with Gasteiger partial charge in [-0.2, -0.15) is 0 Å². The summed E-state index contributed by atoms with van der Waals surface area (Å²) in [6.07, 6.45) is 9.48. The Morgan fingerprint density at radius 2 is 1.91 bits per heavy atom. The number of allylic oxidation sites excluding steroid dienone is 1. The van der Waals surface area contributed by atoms with Crippen molar-refractivity contribution in [3.05, 3.63) is 11.1 Å². The van der Waals surface area contributed by atoms with E-state index in [0.717, 1.165) is 30.6 Å². The van der Waals surface area contributed by atoms with E-state index in [-0.39, 0.29) is 12.2 Å². The molecule has 8 atom stereocenters. The van der Waals surface area contributed by atoms with Gasteiger partial charge >= 0.3 is 0 Å². The highest BCUT2D eigenvalue weighted by molar-refractivity contribution is 5.27. The van der Waals surface area contributed by atoms with Gasteiger partial charge in [-0.1, -0.05) is 18.1 Å². The van der Waals surface area contributed by atoms with Gasteiger partial charge in [0, 0.05) is 0 Å². The molecule has 0 bridgehead atoms. The van der Waals surface area contributed by atoms with Gasteiger partial charge in [0.05, 0.1) is 12.2 Å². The quantitative estimate of drug-likeness (QED) is 0.707. The highest BCUT2D eigenvalue weighted by atomic mass is 16.3. The van der Waals surface area contributed by atoms with Crippen LogP contribution in [0.25, 0.3) is 0 Å². The van der Waals surface area contributed by atoms with E-state index in [2.05, 4.69) is 13.8 Å². The highest BCUT2D eigenvalue weighted by Gasteiger charge is 2.56. The van der Waals surface area contributed by atoms with Crippen LogP contribution < -0.4 is 0 Å². The van der Waals surface area contributed by atoms with Crippen LogP contribution in [-0.2, 0) is 0 Å². The predicted octanol–water partition coefficient (Wildman–Crippen LogP) is 4.31. The van der Waals surface area contributed by atoms with E-state index in [9.17, 15) is 10.2 Å². The molecule has 23 heavy (non-hydrogen) atoms. The largest absolute Gasteiger partial charge is 0.393 e. The molecule has 2 heteroatoms. The zero-order valence-electron chi connectivity index (χ0n) is 15.1. The maximum atomic E-state index is 10.3. The third-order valence-corrected chi connectivity index (χ3v) is 8.37. The second-order valence-corrected chi connectivity index (χ2v) is 9.45. The standard InChI is InChI=1S/C21H34O2/c1-12-10-15(23)11-14-4-5-16-17(20(12)14)8-9-21(3)18(13(2)22)6-7-19(16)21/h13-19,22-23H,4-11H2,1-3H3/t13?,14-,15?,16?,17?,18+,19?,21+/m0/s1. The van der Waals surface area contributed by atoms with Crippen LogP contribution in [0.5, 0.6) is 0 Å². The Balaban J connectivity index is 1.64. The minimum Gasteiger partial charge on any atom is -0.393 e. The SMILES string of the molecule is CC1=C2C3CC[C@@]4(C)C(CC[C@@H]4C(C)O)C3CC[C@H]2CC(O)C1. The highest BCUT2D eigenvalue weighted by Crippen LogP contribution is 2.64. The molecule has 0 amide bonds. The lowest BCUT2D eigenvalue weighted by molar-refractivity contribution is -0.0362. The molecule has 130 valence electrons.